The van der Waals surface area contributed by atoms with Crippen LogP contribution in [0.5, 0.6) is 0 Å². The van der Waals surface area contributed by atoms with Gasteiger partial charge in [0.1, 0.15) is 0 Å². The van der Waals surface area contributed by atoms with Gasteiger partial charge in [0.15, 0.2) is 0 Å². The Hall–Kier alpha value is -0.120. The van der Waals surface area contributed by atoms with E-state index in [1.807, 2.05) is 0 Å². The molecule has 2 atom stereocenters. The van der Waals surface area contributed by atoms with E-state index in [1.165, 1.54) is 32.1 Å². The van der Waals surface area contributed by atoms with Crippen LogP contribution < -0.4 is 5.73 Å². The van der Waals surface area contributed by atoms with Crippen LogP contribution in [0.4, 0.5) is 0 Å². The Morgan fingerprint density at radius 2 is 1.60 bits per heavy atom. The number of nitrogens with two attached hydrogens (primary N) is 1. The highest BCUT2D eigenvalue weighted by Gasteiger charge is 2.28. The van der Waals surface area contributed by atoms with Gasteiger partial charge in [-0.2, -0.15) is 0 Å². The van der Waals surface area contributed by atoms with Crippen molar-refractivity contribution in [2.45, 2.75) is 63.1 Å². The van der Waals surface area contributed by atoms with E-state index in [0.717, 1.165) is 25.9 Å². The molecule has 1 saturated heterocycles. The standard InChI is InChI=1S/C12H24N2O/c13-11-4-2-1-3-5-12(11)14-8-6-10(15)7-9-14/h10-12,15H,1-9,13H2. The van der Waals surface area contributed by atoms with Gasteiger partial charge in [-0.15, -0.1) is 0 Å². The topological polar surface area (TPSA) is 49.5 Å². The van der Waals surface area contributed by atoms with Crippen LogP contribution in [0.1, 0.15) is 44.9 Å². The van der Waals surface area contributed by atoms with Gasteiger partial charge in [-0.25, -0.2) is 0 Å². The molecule has 3 nitrogen and oxygen atoms in total. The highest BCUT2D eigenvalue weighted by atomic mass is 16.3. The maximum atomic E-state index is 9.49. The van der Waals surface area contributed by atoms with Crippen molar-refractivity contribution in [3.8, 4) is 0 Å². The molecular formula is C12H24N2O. The van der Waals surface area contributed by atoms with Crippen molar-refractivity contribution in [3.05, 3.63) is 0 Å². The minimum absolute atomic E-state index is 0.0664. The third-order valence-electron chi connectivity index (χ3n) is 4.00. The maximum absolute atomic E-state index is 9.49. The Labute approximate surface area is 92.6 Å². The lowest BCUT2D eigenvalue weighted by atomic mass is 9.98. The SMILES string of the molecule is NC1CCCCCC1N1CCC(O)CC1. The van der Waals surface area contributed by atoms with E-state index >= 15 is 0 Å². The van der Waals surface area contributed by atoms with Crippen molar-refractivity contribution in [2.24, 2.45) is 5.73 Å². The summed E-state index contributed by atoms with van der Waals surface area (Å²) in [5.41, 5.74) is 6.24. The molecule has 0 amide bonds. The first-order valence-corrected chi connectivity index (χ1v) is 6.45. The summed E-state index contributed by atoms with van der Waals surface area (Å²) in [5, 5.41) is 9.49. The number of hydrogen-bond acceptors (Lipinski definition) is 3. The first-order valence-electron chi connectivity index (χ1n) is 6.45. The molecule has 0 aromatic rings. The van der Waals surface area contributed by atoms with Gasteiger partial charge in [-0.1, -0.05) is 19.3 Å². The summed E-state index contributed by atoms with van der Waals surface area (Å²) in [5.74, 6) is 0. The zero-order chi connectivity index (χ0) is 10.7. The number of rotatable bonds is 1. The number of aliphatic hydroxyl groups is 1. The Balaban J connectivity index is 1.89. The fraction of sp³-hybridized carbons (Fsp3) is 1.00. The van der Waals surface area contributed by atoms with Gasteiger partial charge in [0.2, 0.25) is 0 Å². The van der Waals surface area contributed by atoms with Gasteiger partial charge >= 0.3 is 0 Å². The molecule has 3 N–H and O–H groups in total. The number of piperidine rings is 1. The molecule has 0 aromatic carbocycles. The summed E-state index contributed by atoms with van der Waals surface area (Å²) in [6.45, 7) is 2.08. The molecule has 2 rings (SSSR count). The normalized spacial score (nSPS) is 36.4. The Bertz CT molecular complexity index is 190. The third kappa shape index (κ3) is 2.92. The fourth-order valence-corrected chi connectivity index (χ4v) is 2.99. The van der Waals surface area contributed by atoms with Gasteiger partial charge in [-0.3, -0.25) is 4.90 Å². The van der Waals surface area contributed by atoms with Gasteiger partial charge in [-0.05, 0) is 25.7 Å². The smallest absolute Gasteiger partial charge is 0.0564 e. The number of nitrogens with zero attached hydrogens (tertiary/aromatic N) is 1. The maximum Gasteiger partial charge on any atom is 0.0564 e. The Kier molecular flexibility index (Phi) is 4.00. The van der Waals surface area contributed by atoms with Crippen LogP contribution in [0.3, 0.4) is 0 Å². The predicted octanol–water partition coefficient (Wildman–Crippen LogP) is 1.10. The lowest BCUT2D eigenvalue weighted by Gasteiger charge is -2.38. The first kappa shape index (κ1) is 11.4. The zero-order valence-electron chi connectivity index (χ0n) is 9.57. The van der Waals surface area contributed by atoms with Crippen LogP contribution in [0.15, 0.2) is 0 Å². The molecule has 1 saturated carbocycles. The molecule has 2 fully saturated rings. The summed E-state index contributed by atoms with van der Waals surface area (Å²) in [6, 6.07) is 0.947. The minimum atomic E-state index is -0.0664. The Morgan fingerprint density at radius 1 is 0.933 bits per heavy atom. The average molecular weight is 212 g/mol. The average Bonchev–Trinajstić information content (AvgIpc) is 2.44. The largest absolute Gasteiger partial charge is 0.393 e. The van der Waals surface area contributed by atoms with Crippen molar-refractivity contribution >= 4 is 0 Å². The van der Waals surface area contributed by atoms with Gasteiger partial charge in [0.05, 0.1) is 6.10 Å². The molecule has 15 heavy (non-hydrogen) atoms. The van der Waals surface area contributed by atoms with Crippen molar-refractivity contribution in [2.75, 3.05) is 13.1 Å². The summed E-state index contributed by atoms with van der Waals surface area (Å²) in [4.78, 5) is 2.52. The van der Waals surface area contributed by atoms with Crippen molar-refractivity contribution < 1.29 is 5.11 Å². The van der Waals surface area contributed by atoms with Crippen molar-refractivity contribution in [1.82, 2.24) is 4.90 Å². The summed E-state index contributed by atoms with van der Waals surface area (Å²) in [7, 11) is 0. The summed E-state index contributed by atoms with van der Waals surface area (Å²) < 4.78 is 0. The lowest BCUT2D eigenvalue weighted by molar-refractivity contribution is 0.0518. The third-order valence-corrected chi connectivity index (χ3v) is 4.00. The molecule has 88 valence electrons. The number of aliphatic hydroxyl groups excluding tert-OH is 1. The van der Waals surface area contributed by atoms with Crippen LogP contribution in [0.25, 0.3) is 0 Å². The number of hydrogen-bond donors (Lipinski definition) is 2. The molecule has 1 aliphatic heterocycles. The first-order chi connectivity index (χ1) is 7.27. The molecule has 1 heterocycles. The molecule has 1 aliphatic carbocycles. The highest BCUT2D eigenvalue weighted by Crippen LogP contribution is 2.24. The minimum Gasteiger partial charge on any atom is -0.393 e. The quantitative estimate of drug-likeness (QED) is 0.640. The van der Waals surface area contributed by atoms with E-state index in [2.05, 4.69) is 4.90 Å². The molecule has 2 unspecified atom stereocenters. The van der Waals surface area contributed by atoms with Gasteiger partial charge in [0, 0.05) is 25.2 Å². The van der Waals surface area contributed by atoms with Crippen molar-refractivity contribution in [3.63, 3.8) is 0 Å². The fourth-order valence-electron chi connectivity index (χ4n) is 2.99. The Morgan fingerprint density at radius 3 is 2.33 bits per heavy atom. The van der Waals surface area contributed by atoms with Crippen LogP contribution in [-0.4, -0.2) is 41.3 Å². The lowest BCUT2D eigenvalue weighted by Crippen LogP contribution is -2.50. The summed E-state index contributed by atoms with van der Waals surface area (Å²) >= 11 is 0. The van der Waals surface area contributed by atoms with E-state index in [-0.39, 0.29) is 6.10 Å². The van der Waals surface area contributed by atoms with Crippen LogP contribution in [-0.2, 0) is 0 Å². The van der Waals surface area contributed by atoms with E-state index in [9.17, 15) is 5.11 Å². The van der Waals surface area contributed by atoms with Crippen molar-refractivity contribution in [1.29, 1.82) is 0 Å². The molecule has 0 spiro atoms. The molecule has 0 bridgehead atoms. The second-order valence-electron chi connectivity index (χ2n) is 5.14. The van der Waals surface area contributed by atoms with Crippen LogP contribution >= 0.6 is 0 Å². The van der Waals surface area contributed by atoms with Crippen LogP contribution in [0.2, 0.25) is 0 Å². The second-order valence-corrected chi connectivity index (χ2v) is 5.14. The van der Waals surface area contributed by atoms with E-state index in [1.54, 1.807) is 0 Å². The number of likely N-dealkylation sites (tertiary alicyclic amines) is 1. The highest BCUT2D eigenvalue weighted by molar-refractivity contribution is 4.87. The monoisotopic (exact) mass is 212 g/mol. The van der Waals surface area contributed by atoms with Gasteiger partial charge in [0.25, 0.3) is 0 Å². The molecule has 0 radical (unpaired) electrons. The van der Waals surface area contributed by atoms with Gasteiger partial charge < -0.3 is 10.8 Å². The second kappa shape index (κ2) is 5.28. The molecule has 3 heteroatoms. The van der Waals surface area contributed by atoms with E-state index < -0.39 is 0 Å². The molecule has 2 aliphatic rings. The predicted molar refractivity (Wildman–Crippen MR) is 61.7 cm³/mol. The summed E-state index contributed by atoms with van der Waals surface area (Å²) in [6.07, 6.45) is 8.22. The van der Waals surface area contributed by atoms with Crippen LogP contribution in [0, 0.1) is 0 Å². The molecular weight excluding hydrogens is 188 g/mol. The van der Waals surface area contributed by atoms with E-state index in [4.69, 9.17) is 5.73 Å². The van der Waals surface area contributed by atoms with E-state index in [0.29, 0.717) is 12.1 Å². The molecule has 0 aromatic heterocycles. The zero-order valence-corrected chi connectivity index (χ0v) is 9.57.